The van der Waals surface area contributed by atoms with Gasteiger partial charge in [-0.05, 0) is 175 Å². The van der Waals surface area contributed by atoms with E-state index in [1.54, 1.807) is 0 Å². The van der Waals surface area contributed by atoms with Gasteiger partial charge in [-0.15, -0.1) is 0 Å². The van der Waals surface area contributed by atoms with Crippen molar-refractivity contribution in [3.63, 3.8) is 0 Å². The molecule has 6 heteroatoms. The van der Waals surface area contributed by atoms with Crippen LogP contribution >= 0.6 is 0 Å². The molecule has 0 fully saturated rings. The quantitative estimate of drug-likeness (QED) is 0.0749. The van der Waals surface area contributed by atoms with E-state index >= 15 is 0 Å². The topological polar surface area (TPSA) is 11.4 Å². The van der Waals surface area contributed by atoms with Crippen molar-refractivity contribution >= 4 is 137 Å². The van der Waals surface area contributed by atoms with Crippen LogP contribution in [0.4, 0.5) is 34.1 Å². The maximum Gasteiger partial charge on any atom is 0.252 e. The smallest absolute Gasteiger partial charge is 0.252 e. The second-order valence-electron chi connectivity index (χ2n) is 28.6. The molecular formula is C102H72BN3Si2. The normalized spacial score (nSPS) is 12.4. The summed E-state index contributed by atoms with van der Waals surface area (Å²) in [4.78, 5) is 5.31. The van der Waals surface area contributed by atoms with E-state index < -0.39 is 16.1 Å². The van der Waals surface area contributed by atoms with Gasteiger partial charge in [-0.25, -0.2) is 0 Å². The molecule has 0 amide bonds. The Morgan fingerprint density at radius 1 is 0.185 bits per heavy atom. The number of hydrogen-bond donors (Lipinski definition) is 0. The molecule has 0 unspecified atom stereocenters. The number of para-hydroxylation sites is 2. The first kappa shape index (κ1) is 64.3. The molecule has 2 aliphatic rings. The third kappa shape index (κ3) is 10.6. The summed E-state index contributed by atoms with van der Waals surface area (Å²) in [5.74, 6) is 0. The molecule has 17 aromatic carbocycles. The van der Waals surface area contributed by atoms with Crippen LogP contribution in [0, 0.1) is 0 Å². The largest absolute Gasteiger partial charge is 0.311 e. The Labute approximate surface area is 633 Å². The third-order valence-electron chi connectivity index (χ3n) is 22.8. The predicted octanol–water partition coefficient (Wildman–Crippen LogP) is 18.3. The lowest BCUT2D eigenvalue weighted by atomic mass is 9.33. The highest BCUT2D eigenvalue weighted by Crippen LogP contribution is 2.48. The van der Waals surface area contributed by atoms with Crippen molar-refractivity contribution in [1.29, 1.82) is 0 Å². The second-order valence-corrected chi connectivity index (χ2v) is 36.2. The van der Waals surface area contributed by atoms with Crippen molar-refractivity contribution in [3.05, 3.63) is 437 Å². The molecule has 0 atom stereocenters. The number of nitrogens with zero attached hydrogens (tertiary/aromatic N) is 3. The number of hydrogen-bond acceptors (Lipinski definition) is 2. The Hall–Kier alpha value is -13.4. The Bertz CT molecular complexity index is 5800. The third-order valence-corrected chi connectivity index (χ3v) is 32.4. The summed E-state index contributed by atoms with van der Waals surface area (Å²) >= 11 is 0. The van der Waals surface area contributed by atoms with Crippen LogP contribution in [0.25, 0.3) is 72.0 Å². The molecule has 0 saturated heterocycles. The van der Waals surface area contributed by atoms with Crippen LogP contribution in [-0.4, -0.2) is 27.4 Å². The maximum absolute atomic E-state index is 3.10. The van der Waals surface area contributed by atoms with Gasteiger partial charge in [0, 0.05) is 44.9 Å². The summed E-state index contributed by atoms with van der Waals surface area (Å²) < 4.78 is 2.53. The Morgan fingerprint density at radius 2 is 0.463 bits per heavy atom. The average molecular weight is 1410 g/mol. The van der Waals surface area contributed by atoms with E-state index in [4.69, 9.17) is 0 Å². The van der Waals surface area contributed by atoms with Crippen molar-refractivity contribution in [2.75, 3.05) is 9.80 Å². The highest BCUT2D eigenvalue weighted by atomic mass is 28.3. The number of benzene rings is 17. The maximum atomic E-state index is 2.65. The van der Waals surface area contributed by atoms with E-state index in [0.717, 1.165) is 73.1 Å². The molecule has 0 saturated carbocycles. The molecule has 2 aliphatic heterocycles. The zero-order valence-electron chi connectivity index (χ0n) is 59.5. The van der Waals surface area contributed by atoms with Gasteiger partial charge < -0.3 is 14.4 Å². The summed E-state index contributed by atoms with van der Waals surface area (Å²) in [5, 5.41) is 13.0. The standard InChI is InChI=1S/C102H72BN3Si2/c1-9-33-73(34-10-1)75-37-29-39-77(65-75)79-61-63-98-94(67-79)103-95-68-80(78-40-30-38-76(66-78)74-35-11-2-12-36-74)62-64-99(95)105(82-42-32-56-91(70-82)108(87-49-19-6-20-50-87,88-51-21-7-22-52-88)89-53-23-8-24-54-89)101-72-83(106-96-59-27-25-57-92(96)93-58-26-28-60-97(93)106)71-100(102(101)103)104(98)81-41-31-55-90(69-81)107(84-43-13-3-14-44-84,85-45-15-4-16-46-85)86-47-17-5-18-48-86/h1-72H. The van der Waals surface area contributed by atoms with Crippen molar-refractivity contribution in [3.8, 4) is 50.2 Å². The van der Waals surface area contributed by atoms with E-state index in [0.29, 0.717) is 0 Å². The van der Waals surface area contributed by atoms with E-state index in [1.165, 1.54) is 90.9 Å². The van der Waals surface area contributed by atoms with Gasteiger partial charge in [0.05, 0.1) is 16.7 Å². The number of aromatic nitrogens is 1. The minimum Gasteiger partial charge on any atom is -0.311 e. The Balaban J connectivity index is 0.918. The van der Waals surface area contributed by atoms with Crippen molar-refractivity contribution in [1.82, 2.24) is 4.57 Å². The number of fused-ring (bicyclic) bond motifs is 7. The van der Waals surface area contributed by atoms with Gasteiger partial charge in [0.15, 0.2) is 16.1 Å². The molecule has 1 aromatic heterocycles. The van der Waals surface area contributed by atoms with E-state index in [2.05, 4.69) is 451 Å². The summed E-state index contributed by atoms with van der Waals surface area (Å²) in [5.41, 5.74) is 23.1. The van der Waals surface area contributed by atoms with Crippen molar-refractivity contribution in [2.45, 2.75) is 0 Å². The molecule has 506 valence electrons. The Kier molecular flexibility index (Phi) is 16.0. The van der Waals surface area contributed by atoms with Gasteiger partial charge in [0.25, 0.3) is 6.71 Å². The molecule has 18 aromatic rings. The van der Waals surface area contributed by atoms with Crippen LogP contribution in [0.15, 0.2) is 437 Å². The lowest BCUT2D eigenvalue weighted by Gasteiger charge is -2.45. The molecule has 20 rings (SSSR count). The minimum atomic E-state index is -3.10. The highest BCUT2D eigenvalue weighted by molar-refractivity contribution is 7.20. The average Bonchev–Trinajstić information content (AvgIpc) is 0.843. The monoisotopic (exact) mass is 1410 g/mol. The van der Waals surface area contributed by atoms with Crippen molar-refractivity contribution in [2.24, 2.45) is 0 Å². The minimum absolute atomic E-state index is 0.265. The fourth-order valence-electron chi connectivity index (χ4n) is 18.1. The molecule has 0 aliphatic carbocycles. The van der Waals surface area contributed by atoms with Crippen LogP contribution in [-0.2, 0) is 0 Å². The van der Waals surface area contributed by atoms with Crippen LogP contribution in [0.3, 0.4) is 0 Å². The summed E-state index contributed by atoms with van der Waals surface area (Å²) in [6, 6.07) is 165. The summed E-state index contributed by atoms with van der Waals surface area (Å²) in [6.45, 7) is -0.265. The van der Waals surface area contributed by atoms with Crippen molar-refractivity contribution < 1.29 is 0 Å². The number of anilines is 6. The molecule has 0 radical (unpaired) electrons. The summed E-state index contributed by atoms with van der Waals surface area (Å²) in [7, 11) is -6.20. The second kappa shape index (κ2) is 27.0. The van der Waals surface area contributed by atoms with E-state index in [9.17, 15) is 0 Å². The van der Waals surface area contributed by atoms with Crippen LogP contribution in [0.2, 0.25) is 0 Å². The molecule has 0 spiro atoms. The lowest BCUT2D eigenvalue weighted by Crippen LogP contribution is -2.74. The first-order valence-electron chi connectivity index (χ1n) is 37.5. The fourth-order valence-corrected chi connectivity index (χ4v) is 27.7. The zero-order valence-corrected chi connectivity index (χ0v) is 61.5. The van der Waals surface area contributed by atoms with Crippen LogP contribution < -0.4 is 67.7 Å². The molecule has 3 nitrogen and oxygen atoms in total. The van der Waals surface area contributed by atoms with Gasteiger partial charge in [0.1, 0.15) is 0 Å². The molecular weight excluding hydrogens is 1330 g/mol. The van der Waals surface area contributed by atoms with Gasteiger partial charge in [-0.2, -0.15) is 0 Å². The van der Waals surface area contributed by atoms with E-state index in [1.807, 2.05) is 0 Å². The highest BCUT2D eigenvalue weighted by Gasteiger charge is 2.47. The van der Waals surface area contributed by atoms with Gasteiger partial charge in [-0.3, -0.25) is 0 Å². The van der Waals surface area contributed by atoms with Gasteiger partial charge in [0.2, 0.25) is 0 Å². The fraction of sp³-hybridized carbons (Fsp3) is 0. The molecule has 0 N–H and O–H groups in total. The van der Waals surface area contributed by atoms with Crippen LogP contribution in [0.1, 0.15) is 0 Å². The molecule has 108 heavy (non-hydrogen) atoms. The van der Waals surface area contributed by atoms with Gasteiger partial charge in [-0.1, -0.05) is 364 Å². The van der Waals surface area contributed by atoms with Gasteiger partial charge >= 0.3 is 0 Å². The SMILES string of the molecule is c1ccc(-c2cccc(-c3ccc4c(c3)B3c5cc(-c6cccc(-c7ccccc7)c6)ccc5N(c5cccc([Si](c6ccccc6)(c6ccccc6)c6ccccc6)c5)c5cc(-n6c7ccccc7c7ccccc76)cc(c53)N4c3cccc([Si](c4ccccc4)(c4ccccc4)c4ccccc4)c3)c2)cc1. The van der Waals surface area contributed by atoms with Crippen LogP contribution in [0.5, 0.6) is 0 Å². The zero-order chi connectivity index (χ0) is 71.5. The van der Waals surface area contributed by atoms with E-state index in [-0.39, 0.29) is 6.71 Å². The predicted molar refractivity (Wildman–Crippen MR) is 464 cm³/mol. The first-order valence-corrected chi connectivity index (χ1v) is 41.5. The summed E-state index contributed by atoms with van der Waals surface area (Å²) in [6.07, 6.45) is 0. The molecule has 3 heterocycles. The number of rotatable bonds is 15. The molecule has 0 bridgehead atoms. The lowest BCUT2D eigenvalue weighted by molar-refractivity contribution is 1.16. The Morgan fingerprint density at radius 3 is 0.815 bits per heavy atom. The first-order chi connectivity index (χ1) is 53.6.